The number of aromatic nitrogens is 2. The molecule has 1 fully saturated rings. The van der Waals surface area contributed by atoms with E-state index in [1.165, 1.54) is 23.5 Å². The molecule has 48 heavy (non-hydrogen) atoms. The zero-order valence-corrected chi connectivity index (χ0v) is 27.4. The molecule has 0 atom stereocenters. The molecule has 5 rings (SSSR count). The summed E-state index contributed by atoms with van der Waals surface area (Å²) in [6.07, 6.45) is 1.15. The van der Waals surface area contributed by atoms with Crippen molar-refractivity contribution in [1.29, 1.82) is 0 Å². The van der Waals surface area contributed by atoms with Crippen molar-refractivity contribution >= 4 is 44.1 Å². The number of benzene rings is 2. The van der Waals surface area contributed by atoms with Crippen molar-refractivity contribution in [3.63, 3.8) is 0 Å². The molecule has 1 saturated heterocycles. The van der Waals surface area contributed by atoms with Gasteiger partial charge in [0, 0.05) is 42.0 Å². The van der Waals surface area contributed by atoms with Crippen molar-refractivity contribution in [2.45, 2.75) is 43.7 Å². The van der Waals surface area contributed by atoms with E-state index in [1.54, 1.807) is 41.9 Å². The minimum absolute atomic E-state index is 0.0534. The summed E-state index contributed by atoms with van der Waals surface area (Å²) in [5, 5.41) is 12.2. The van der Waals surface area contributed by atoms with Crippen LogP contribution in [-0.4, -0.2) is 71.7 Å². The lowest BCUT2D eigenvalue weighted by atomic mass is 10.0. The lowest BCUT2D eigenvalue weighted by Gasteiger charge is -2.26. The van der Waals surface area contributed by atoms with Crippen molar-refractivity contribution in [2.75, 3.05) is 24.7 Å². The molecule has 0 unspecified atom stereocenters. The quantitative estimate of drug-likeness (QED) is 0.220. The van der Waals surface area contributed by atoms with Gasteiger partial charge in [0.25, 0.3) is 5.91 Å². The Kier molecular flexibility index (Phi) is 11.5. The van der Waals surface area contributed by atoms with Crippen molar-refractivity contribution in [1.82, 2.24) is 14.9 Å². The van der Waals surface area contributed by atoms with Gasteiger partial charge in [-0.25, -0.2) is 18.2 Å². The van der Waals surface area contributed by atoms with Crippen molar-refractivity contribution in [3.8, 4) is 22.8 Å². The number of alkyl halides is 3. The van der Waals surface area contributed by atoms with Crippen LogP contribution in [0.25, 0.3) is 11.3 Å². The Morgan fingerprint density at radius 3 is 2.29 bits per heavy atom. The fourth-order valence-corrected chi connectivity index (χ4v) is 5.97. The summed E-state index contributed by atoms with van der Waals surface area (Å²) in [7, 11) is -3.34. The second-order valence-corrected chi connectivity index (χ2v) is 13.7. The molecule has 0 spiro atoms. The third-order valence-corrected chi connectivity index (χ3v) is 8.93. The summed E-state index contributed by atoms with van der Waals surface area (Å²) < 4.78 is 61.4. The normalized spacial score (nSPS) is 13.2. The first-order valence-corrected chi connectivity index (χ1v) is 17.3. The van der Waals surface area contributed by atoms with Crippen LogP contribution in [-0.2, 0) is 25.8 Å². The highest BCUT2D eigenvalue weighted by molar-refractivity contribution is 7.90. The van der Waals surface area contributed by atoms with E-state index < -0.39 is 22.0 Å². The maximum Gasteiger partial charge on any atom is 0.490 e. The molecule has 2 amide bonds. The molecule has 0 aliphatic carbocycles. The van der Waals surface area contributed by atoms with Gasteiger partial charge < -0.3 is 14.7 Å². The topological polar surface area (TPSA) is 156 Å². The summed E-state index contributed by atoms with van der Waals surface area (Å²) >= 11 is 1.27. The number of halogens is 3. The molecule has 0 radical (unpaired) electrons. The van der Waals surface area contributed by atoms with Crippen molar-refractivity contribution in [3.05, 3.63) is 83.0 Å². The van der Waals surface area contributed by atoms with E-state index in [1.807, 2.05) is 24.0 Å². The van der Waals surface area contributed by atoms with Crippen LogP contribution in [0.4, 0.5) is 18.3 Å². The number of carbonyl (C=O) groups excluding carboxylic acids is 2. The standard InChI is InChI=1S/C30H30N4O5S2.C2HF3O2/c1-20-7-6-12-31-28(20)21-15-22(17-25(16-21)39-24-8-10-26(11-9-24)41(2,37)38)29(36)33-30-32-23(19-40-30)18-27(35)34-13-4-3-5-14-34;3-2(4,5)1(6)7/h6-12,15-17,19H,3-5,13-14,18H2,1-2H3,(H,32,33,36);(H,6,7). The van der Waals surface area contributed by atoms with E-state index in [0.29, 0.717) is 39.1 Å². The number of piperidine rings is 1. The molecule has 0 saturated carbocycles. The first kappa shape index (κ1) is 36.0. The van der Waals surface area contributed by atoms with Gasteiger partial charge in [-0.3, -0.25) is 19.9 Å². The Hall–Kier alpha value is -4.83. The van der Waals surface area contributed by atoms with Crippen LogP contribution in [0.5, 0.6) is 11.5 Å². The average molecular weight is 705 g/mol. The zero-order valence-electron chi connectivity index (χ0n) is 25.8. The number of ether oxygens (including phenoxy) is 1. The molecule has 2 aromatic carbocycles. The number of aryl methyl sites for hydroxylation is 1. The molecule has 2 N–H and O–H groups in total. The van der Waals surface area contributed by atoms with Gasteiger partial charge in [0.2, 0.25) is 5.91 Å². The van der Waals surface area contributed by atoms with E-state index in [-0.39, 0.29) is 23.1 Å². The smallest absolute Gasteiger partial charge is 0.475 e. The molecule has 1 aliphatic heterocycles. The number of rotatable bonds is 8. The number of likely N-dealkylation sites (tertiary alicyclic amines) is 1. The third-order valence-electron chi connectivity index (χ3n) is 7.00. The summed E-state index contributed by atoms with van der Waals surface area (Å²) in [6.45, 7) is 3.50. The summed E-state index contributed by atoms with van der Waals surface area (Å²) in [5.74, 6) is -2.29. The lowest BCUT2D eigenvalue weighted by molar-refractivity contribution is -0.192. The Labute approximate surface area is 278 Å². The predicted octanol–water partition coefficient (Wildman–Crippen LogP) is 6.15. The number of anilines is 1. The number of carboxylic acids is 1. The van der Waals surface area contributed by atoms with E-state index in [2.05, 4.69) is 15.3 Å². The summed E-state index contributed by atoms with van der Waals surface area (Å²) in [5.41, 5.74) is 3.27. The highest BCUT2D eigenvalue weighted by Gasteiger charge is 2.38. The van der Waals surface area contributed by atoms with Crippen molar-refractivity contribution < 1.29 is 45.8 Å². The highest BCUT2D eigenvalue weighted by atomic mass is 32.2. The number of hydrogen-bond donors (Lipinski definition) is 2. The number of aliphatic carboxylic acids is 1. The van der Waals surface area contributed by atoms with E-state index in [9.17, 15) is 31.2 Å². The Morgan fingerprint density at radius 1 is 1.02 bits per heavy atom. The van der Waals surface area contributed by atoms with E-state index in [0.717, 1.165) is 44.2 Å². The van der Waals surface area contributed by atoms with Gasteiger partial charge in [0.05, 0.1) is 22.7 Å². The Bertz CT molecular complexity index is 1890. The molecule has 11 nitrogen and oxygen atoms in total. The molecule has 16 heteroatoms. The molecule has 1 aliphatic rings. The molecule has 254 valence electrons. The van der Waals surface area contributed by atoms with Gasteiger partial charge in [-0.2, -0.15) is 13.2 Å². The second kappa shape index (κ2) is 15.4. The van der Waals surface area contributed by atoms with Gasteiger partial charge in [-0.15, -0.1) is 11.3 Å². The predicted molar refractivity (Wildman–Crippen MR) is 172 cm³/mol. The summed E-state index contributed by atoms with van der Waals surface area (Å²) in [4.78, 5) is 45.9. The number of nitrogens with zero attached hydrogens (tertiary/aromatic N) is 3. The first-order valence-electron chi connectivity index (χ1n) is 14.5. The fraction of sp³-hybridized carbons (Fsp3) is 0.281. The van der Waals surface area contributed by atoms with E-state index in [4.69, 9.17) is 14.6 Å². The van der Waals surface area contributed by atoms with Crippen LogP contribution in [0, 0.1) is 6.92 Å². The number of carbonyl (C=O) groups is 3. The van der Waals surface area contributed by atoms with Crippen LogP contribution in [0.2, 0.25) is 0 Å². The van der Waals surface area contributed by atoms with Gasteiger partial charge in [0.15, 0.2) is 15.0 Å². The van der Waals surface area contributed by atoms with Crippen LogP contribution in [0.1, 0.15) is 40.9 Å². The van der Waals surface area contributed by atoms with Crippen LogP contribution in [0.15, 0.2) is 71.1 Å². The fourth-order valence-electron chi connectivity index (χ4n) is 4.63. The minimum Gasteiger partial charge on any atom is -0.475 e. The molecule has 2 aromatic heterocycles. The third kappa shape index (κ3) is 10.1. The summed E-state index contributed by atoms with van der Waals surface area (Å²) in [6, 6.07) is 15.0. The molecular formula is C32H31F3N4O7S2. The number of sulfone groups is 1. The van der Waals surface area contributed by atoms with E-state index >= 15 is 0 Å². The number of hydrogen-bond acceptors (Lipinski definition) is 9. The molecule has 3 heterocycles. The minimum atomic E-state index is -5.08. The first-order chi connectivity index (χ1) is 22.6. The number of carboxylic acid groups (broad SMARTS) is 1. The lowest BCUT2D eigenvalue weighted by Crippen LogP contribution is -2.36. The van der Waals surface area contributed by atoms with Gasteiger partial charge in [0.1, 0.15) is 11.5 Å². The SMILES string of the molecule is Cc1cccnc1-c1cc(Oc2ccc(S(C)(=O)=O)cc2)cc(C(=O)Nc2nc(CC(=O)N3CCCCC3)cs2)c1.O=C(O)C(F)(F)F. The number of pyridine rings is 1. The molecular weight excluding hydrogens is 674 g/mol. The Morgan fingerprint density at radius 2 is 1.69 bits per heavy atom. The zero-order chi connectivity index (χ0) is 35.1. The largest absolute Gasteiger partial charge is 0.490 e. The maximum absolute atomic E-state index is 13.4. The Balaban J connectivity index is 0.000000671. The monoisotopic (exact) mass is 704 g/mol. The number of amides is 2. The van der Waals surface area contributed by atoms with Gasteiger partial charge in [-0.05, 0) is 80.3 Å². The van der Waals surface area contributed by atoms with Crippen LogP contribution in [0.3, 0.4) is 0 Å². The number of nitrogens with one attached hydrogen (secondary N) is 1. The average Bonchev–Trinajstić information content (AvgIpc) is 3.47. The molecule has 4 aromatic rings. The molecule has 0 bridgehead atoms. The van der Waals surface area contributed by atoms with Gasteiger partial charge in [-0.1, -0.05) is 6.07 Å². The van der Waals surface area contributed by atoms with Crippen LogP contribution >= 0.6 is 11.3 Å². The maximum atomic E-state index is 13.4. The second-order valence-electron chi connectivity index (χ2n) is 10.8. The number of thiazole rings is 1. The van der Waals surface area contributed by atoms with Crippen molar-refractivity contribution in [2.24, 2.45) is 0 Å². The van der Waals surface area contributed by atoms with Gasteiger partial charge >= 0.3 is 12.1 Å². The van der Waals surface area contributed by atoms with Crippen LogP contribution < -0.4 is 10.1 Å². The highest BCUT2D eigenvalue weighted by Crippen LogP contribution is 2.31.